The molecule has 0 aromatic heterocycles. The molecule has 0 bridgehead atoms. The van der Waals surface area contributed by atoms with Gasteiger partial charge >= 0.3 is 0 Å². The molecule has 1 saturated heterocycles. The number of likely N-dealkylation sites (N-methyl/N-ethyl adjacent to an activating group) is 1. The van der Waals surface area contributed by atoms with Gasteiger partial charge in [-0.3, -0.25) is 4.79 Å². The van der Waals surface area contributed by atoms with Crippen molar-refractivity contribution < 1.29 is 13.9 Å². The fourth-order valence-corrected chi connectivity index (χ4v) is 2.69. The number of amides is 1. The van der Waals surface area contributed by atoms with E-state index in [1.807, 2.05) is 19.0 Å². The monoisotopic (exact) mass is 308 g/mol. The molecule has 2 rings (SSSR count). The van der Waals surface area contributed by atoms with Crippen molar-refractivity contribution in [2.24, 2.45) is 0 Å². The van der Waals surface area contributed by atoms with Crippen molar-refractivity contribution in [2.75, 3.05) is 40.4 Å². The first-order chi connectivity index (χ1) is 10.6. The van der Waals surface area contributed by atoms with Crippen molar-refractivity contribution in [3.8, 4) is 0 Å². The van der Waals surface area contributed by atoms with Gasteiger partial charge in [0.05, 0.1) is 6.42 Å². The average molecular weight is 308 g/mol. The molecule has 0 spiro atoms. The summed E-state index contributed by atoms with van der Waals surface area (Å²) in [5.74, 6) is -0.162. The Bertz CT molecular complexity index is 470. The zero-order chi connectivity index (χ0) is 15.9. The zero-order valence-electron chi connectivity index (χ0n) is 13.4. The highest BCUT2D eigenvalue weighted by Gasteiger charge is 2.25. The molecule has 1 amide bonds. The van der Waals surface area contributed by atoms with Gasteiger partial charge in [0.1, 0.15) is 5.82 Å². The van der Waals surface area contributed by atoms with Gasteiger partial charge in [0.15, 0.2) is 0 Å². The van der Waals surface area contributed by atoms with Gasteiger partial charge in [-0.1, -0.05) is 12.1 Å². The molecular weight excluding hydrogens is 283 g/mol. The first kappa shape index (κ1) is 16.9. The molecule has 4 nitrogen and oxygen atoms in total. The summed E-state index contributed by atoms with van der Waals surface area (Å²) in [5.41, 5.74) is 0.855. The summed E-state index contributed by atoms with van der Waals surface area (Å²) in [5, 5.41) is 0. The summed E-state index contributed by atoms with van der Waals surface area (Å²) < 4.78 is 18.4. The minimum atomic E-state index is -0.273. The van der Waals surface area contributed by atoms with E-state index in [-0.39, 0.29) is 17.8 Å². The van der Waals surface area contributed by atoms with Crippen LogP contribution in [0.15, 0.2) is 24.3 Å². The summed E-state index contributed by atoms with van der Waals surface area (Å²) >= 11 is 0. The molecule has 1 aliphatic rings. The third-order valence-electron chi connectivity index (χ3n) is 4.01. The van der Waals surface area contributed by atoms with Crippen LogP contribution in [0.4, 0.5) is 4.39 Å². The molecule has 1 aliphatic heterocycles. The lowest BCUT2D eigenvalue weighted by Gasteiger charge is -2.35. The quantitative estimate of drug-likeness (QED) is 0.805. The minimum Gasteiger partial charge on any atom is -0.381 e. The first-order valence-corrected chi connectivity index (χ1v) is 7.82. The van der Waals surface area contributed by atoms with Gasteiger partial charge in [0, 0.05) is 32.3 Å². The van der Waals surface area contributed by atoms with Crippen LogP contribution in [-0.4, -0.2) is 62.1 Å². The van der Waals surface area contributed by atoms with Gasteiger partial charge in [0.2, 0.25) is 5.91 Å². The fourth-order valence-electron chi connectivity index (χ4n) is 2.69. The number of ether oxygens (including phenoxy) is 1. The highest BCUT2D eigenvalue weighted by atomic mass is 19.1. The normalized spacial score (nSPS) is 16.0. The van der Waals surface area contributed by atoms with Gasteiger partial charge in [-0.05, 0) is 44.6 Å². The maximum atomic E-state index is 13.0. The van der Waals surface area contributed by atoms with Crippen LogP contribution in [0.5, 0.6) is 0 Å². The second kappa shape index (κ2) is 8.25. The molecule has 1 aromatic rings. The number of carbonyl (C=O) groups is 1. The fraction of sp³-hybridized carbons (Fsp3) is 0.588. The first-order valence-electron chi connectivity index (χ1n) is 7.82. The second-order valence-electron chi connectivity index (χ2n) is 6.04. The van der Waals surface area contributed by atoms with Crippen molar-refractivity contribution in [1.82, 2.24) is 9.80 Å². The Morgan fingerprint density at radius 3 is 2.41 bits per heavy atom. The molecule has 1 heterocycles. The van der Waals surface area contributed by atoms with Gasteiger partial charge in [-0.2, -0.15) is 0 Å². The van der Waals surface area contributed by atoms with E-state index in [0.29, 0.717) is 19.6 Å². The van der Waals surface area contributed by atoms with Gasteiger partial charge < -0.3 is 14.5 Å². The smallest absolute Gasteiger partial charge is 0.227 e. The van der Waals surface area contributed by atoms with Crippen LogP contribution in [-0.2, 0) is 16.0 Å². The van der Waals surface area contributed by atoms with E-state index in [0.717, 1.165) is 31.5 Å². The van der Waals surface area contributed by atoms with E-state index < -0.39 is 0 Å². The number of carbonyl (C=O) groups excluding carboxylic acids is 1. The van der Waals surface area contributed by atoms with E-state index in [1.54, 1.807) is 12.1 Å². The summed E-state index contributed by atoms with van der Waals surface area (Å²) in [6, 6.07) is 6.42. The van der Waals surface area contributed by atoms with E-state index >= 15 is 0 Å². The number of hydrogen-bond acceptors (Lipinski definition) is 3. The van der Waals surface area contributed by atoms with Crippen LogP contribution in [0.25, 0.3) is 0 Å². The highest BCUT2D eigenvalue weighted by molar-refractivity contribution is 5.79. The van der Waals surface area contributed by atoms with E-state index in [9.17, 15) is 9.18 Å². The van der Waals surface area contributed by atoms with Crippen LogP contribution in [0.1, 0.15) is 18.4 Å². The lowest BCUT2D eigenvalue weighted by atomic mass is 10.0. The van der Waals surface area contributed by atoms with E-state index in [1.165, 1.54) is 12.1 Å². The Labute approximate surface area is 131 Å². The highest BCUT2D eigenvalue weighted by Crippen LogP contribution is 2.16. The largest absolute Gasteiger partial charge is 0.381 e. The third kappa shape index (κ3) is 5.07. The number of halogens is 1. The van der Waals surface area contributed by atoms with Gasteiger partial charge in [-0.25, -0.2) is 4.39 Å². The number of nitrogens with zero attached hydrogens (tertiary/aromatic N) is 2. The van der Waals surface area contributed by atoms with Gasteiger partial charge in [-0.15, -0.1) is 0 Å². The maximum absolute atomic E-state index is 13.0. The molecule has 122 valence electrons. The Kier molecular flexibility index (Phi) is 6.34. The lowest BCUT2D eigenvalue weighted by Crippen LogP contribution is -2.46. The van der Waals surface area contributed by atoms with Crippen LogP contribution in [0.3, 0.4) is 0 Å². The van der Waals surface area contributed by atoms with Crippen LogP contribution < -0.4 is 0 Å². The predicted octanol–water partition coefficient (Wildman–Crippen LogP) is 1.94. The lowest BCUT2D eigenvalue weighted by molar-refractivity contribution is -0.134. The Hall–Kier alpha value is -1.46. The topological polar surface area (TPSA) is 32.8 Å². The van der Waals surface area contributed by atoms with Crippen LogP contribution >= 0.6 is 0 Å². The molecule has 0 N–H and O–H groups in total. The number of rotatable bonds is 6. The summed E-state index contributed by atoms with van der Waals surface area (Å²) in [6.07, 6.45) is 2.11. The predicted molar refractivity (Wildman–Crippen MR) is 84.2 cm³/mol. The second-order valence-corrected chi connectivity index (χ2v) is 6.04. The summed E-state index contributed by atoms with van der Waals surface area (Å²) in [4.78, 5) is 16.7. The molecular formula is C17H25FN2O2. The Balaban J connectivity index is 2.01. The van der Waals surface area contributed by atoms with Crippen molar-refractivity contribution in [3.63, 3.8) is 0 Å². The third-order valence-corrected chi connectivity index (χ3v) is 4.01. The Morgan fingerprint density at radius 1 is 1.18 bits per heavy atom. The molecule has 0 saturated carbocycles. The molecule has 1 fully saturated rings. The minimum absolute atomic E-state index is 0.111. The van der Waals surface area contributed by atoms with Crippen LogP contribution in [0.2, 0.25) is 0 Å². The molecule has 0 radical (unpaired) electrons. The van der Waals surface area contributed by atoms with Crippen molar-refractivity contribution in [2.45, 2.75) is 25.3 Å². The molecule has 0 atom stereocenters. The summed E-state index contributed by atoms with van der Waals surface area (Å²) in [6.45, 7) is 2.99. The molecule has 0 unspecified atom stereocenters. The average Bonchev–Trinajstić information content (AvgIpc) is 2.50. The molecule has 1 aromatic carbocycles. The molecule has 22 heavy (non-hydrogen) atoms. The van der Waals surface area contributed by atoms with E-state index in [4.69, 9.17) is 4.74 Å². The Morgan fingerprint density at radius 2 is 1.82 bits per heavy atom. The van der Waals surface area contributed by atoms with Crippen molar-refractivity contribution in [3.05, 3.63) is 35.6 Å². The molecule has 0 aliphatic carbocycles. The van der Waals surface area contributed by atoms with Crippen molar-refractivity contribution in [1.29, 1.82) is 0 Å². The SMILES string of the molecule is CN(C)CCN(C(=O)Cc1ccc(F)cc1)C1CCOCC1. The standard InChI is InChI=1S/C17H25FN2O2/c1-19(2)9-10-20(16-7-11-22-12-8-16)17(21)13-14-3-5-15(18)6-4-14/h3-6,16H,7-13H2,1-2H3. The van der Waals surface area contributed by atoms with Crippen molar-refractivity contribution >= 4 is 5.91 Å². The number of benzene rings is 1. The maximum Gasteiger partial charge on any atom is 0.227 e. The van der Waals surface area contributed by atoms with E-state index in [2.05, 4.69) is 4.90 Å². The molecule has 5 heteroatoms. The zero-order valence-corrected chi connectivity index (χ0v) is 13.4. The van der Waals surface area contributed by atoms with Crippen LogP contribution in [0, 0.1) is 5.82 Å². The summed E-state index contributed by atoms with van der Waals surface area (Å²) in [7, 11) is 4.01. The van der Waals surface area contributed by atoms with Gasteiger partial charge in [0.25, 0.3) is 0 Å². The number of hydrogen-bond donors (Lipinski definition) is 0.